The van der Waals surface area contributed by atoms with E-state index in [1.54, 1.807) is 30.3 Å². The summed E-state index contributed by atoms with van der Waals surface area (Å²) in [5, 5.41) is 10.3. The van der Waals surface area contributed by atoms with Crippen molar-refractivity contribution < 1.29 is 13.3 Å². The van der Waals surface area contributed by atoms with Crippen LogP contribution in [0.4, 0.5) is 11.4 Å². The molecule has 1 heterocycles. The monoisotopic (exact) mass is 308 g/mol. The molecule has 1 aromatic heterocycles. The lowest BCUT2D eigenvalue weighted by Gasteiger charge is -2.07. The first-order chi connectivity index (χ1) is 9.92. The number of pyridine rings is 1. The molecule has 0 atom stereocenters. The van der Waals surface area contributed by atoms with E-state index in [2.05, 4.69) is 9.71 Å². The summed E-state index contributed by atoms with van der Waals surface area (Å²) in [7, 11) is -4.14. The fourth-order valence-corrected chi connectivity index (χ4v) is 2.81. The van der Waals surface area contributed by atoms with Crippen LogP contribution in [0.5, 0.6) is 0 Å². The molecule has 0 bridgehead atoms. The highest BCUT2D eigenvalue weighted by Gasteiger charge is 2.29. The summed E-state index contributed by atoms with van der Waals surface area (Å²) < 4.78 is 26.6. The maximum atomic E-state index is 12.1. The van der Waals surface area contributed by atoms with Crippen molar-refractivity contribution >= 4 is 21.4 Å². The fraction of sp³-hybridized carbons (Fsp3) is 0.0833. The van der Waals surface area contributed by atoms with E-state index >= 15 is 0 Å². The van der Waals surface area contributed by atoms with Crippen LogP contribution in [0, 0.1) is 10.1 Å². The molecular formula is C12H12N4O4S. The average molecular weight is 308 g/mol. The van der Waals surface area contributed by atoms with Gasteiger partial charge in [-0.1, -0.05) is 30.3 Å². The van der Waals surface area contributed by atoms with Crippen molar-refractivity contribution in [3.05, 3.63) is 58.3 Å². The zero-order chi connectivity index (χ0) is 15.5. The number of nitrogens with zero attached hydrogens (tertiary/aromatic N) is 2. The molecule has 110 valence electrons. The van der Waals surface area contributed by atoms with E-state index in [1.807, 2.05) is 0 Å². The Hall–Kier alpha value is -2.52. The van der Waals surface area contributed by atoms with Gasteiger partial charge in [-0.2, -0.15) is 0 Å². The van der Waals surface area contributed by atoms with Gasteiger partial charge in [0, 0.05) is 12.7 Å². The Kier molecular flexibility index (Phi) is 4.15. The van der Waals surface area contributed by atoms with Crippen LogP contribution in [0.25, 0.3) is 0 Å². The molecular weight excluding hydrogens is 296 g/mol. The quantitative estimate of drug-likeness (QED) is 0.627. The maximum Gasteiger partial charge on any atom is 0.330 e. The van der Waals surface area contributed by atoms with Crippen molar-refractivity contribution in [1.29, 1.82) is 0 Å². The Labute approximate surface area is 120 Å². The standard InChI is InChI=1S/C12H12N4O4S/c13-10-6-7-14-12(11(10)16(17)18)21(19,20)15-8-9-4-2-1-3-5-9/h1-7,15H,8H2,(H2,13,14). The van der Waals surface area contributed by atoms with Gasteiger partial charge < -0.3 is 5.73 Å². The molecule has 0 spiro atoms. The van der Waals surface area contributed by atoms with Crippen LogP contribution in [0.2, 0.25) is 0 Å². The number of nitrogens with two attached hydrogens (primary N) is 1. The van der Waals surface area contributed by atoms with E-state index in [-0.39, 0.29) is 12.2 Å². The molecule has 1 aromatic carbocycles. The SMILES string of the molecule is Nc1ccnc(S(=O)(=O)NCc2ccccc2)c1[N+](=O)[O-]. The van der Waals surface area contributed by atoms with Crippen LogP contribution < -0.4 is 10.5 Å². The molecule has 0 unspecified atom stereocenters. The highest BCUT2D eigenvalue weighted by Crippen LogP contribution is 2.27. The molecule has 3 N–H and O–H groups in total. The van der Waals surface area contributed by atoms with Crippen LogP contribution in [-0.2, 0) is 16.6 Å². The first-order valence-corrected chi connectivity index (χ1v) is 7.32. The third kappa shape index (κ3) is 3.33. The number of benzene rings is 1. The van der Waals surface area contributed by atoms with Gasteiger partial charge in [0.1, 0.15) is 5.69 Å². The van der Waals surface area contributed by atoms with Crippen LogP contribution in [0.15, 0.2) is 47.6 Å². The topological polar surface area (TPSA) is 128 Å². The van der Waals surface area contributed by atoms with E-state index in [0.29, 0.717) is 5.56 Å². The predicted octanol–water partition coefficient (Wildman–Crippen LogP) is 1.05. The van der Waals surface area contributed by atoms with Gasteiger partial charge in [-0.05, 0) is 11.6 Å². The lowest BCUT2D eigenvalue weighted by molar-refractivity contribution is -0.387. The molecule has 0 saturated carbocycles. The van der Waals surface area contributed by atoms with Crippen molar-refractivity contribution in [2.75, 3.05) is 5.73 Å². The Morgan fingerprint density at radius 3 is 2.52 bits per heavy atom. The van der Waals surface area contributed by atoms with E-state index in [1.165, 1.54) is 6.07 Å². The number of rotatable bonds is 5. The van der Waals surface area contributed by atoms with Crippen LogP contribution in [-0.4, -0.2) is 18.3 Å². The summed E-state index contributed by atoms with van der Waals surface area (Å²) >= 11 is 0. The lowest BCUT2D eigenvalue weighted by Crippen LogP contribution is -2.25. The van der Waals surface area contributed by atoms with Gasteiger partial charge in [-0.3, -0.25) is 10.1 Å². The van der Waals surface area contributed by atoms with E-state index < -0.39 is 25.7 Å². The molecule has 0 fully saturated rings. The minimum atomic E-state index is -4.14. The predicted molar refractivity (Wildman–Crippen MR) is 75.8 cm³/mol. The number of nitro groups is 1. The van der Waals surface area contributed by atoms with E-state index in [9.17, 15) is 18.5 Å². The number of nitrogen functional groups attached to an aromatic ring is 1. The number of aromatic nitrogens is 1. The van der Waals surface area contributed by atoms with Crippen molar-refractivity contribution in [3.63, 3.8) is 0 Å². The van der Waals surface area contributed by atoms with E-state index in [4.69, 9.17) is 5.73 Å². The Bertz CT molecular complexity index is 762. The van der Waals surface area contributed by atoms with Crippen molar-refractivity contribution in [2.24, 2.45) is 0 Å². The minimum Gasteiger partial charge on any atom is -0.393 e. The van der Waals surface area contributed by atoms with Crippen LogP contribution in [0.3, 0.4) is 0 Å². The number of hydrogen-bond donors (Lipinski definition) is 2. The normalized spacial score (nSPS) is 11.2. The largest absolute Gasteiger partial charge is 0.393 e. The molecule has 2 aromatic rings. The molecule has 0 aliphatic carbocycles. The summed E-state index contributed by atoms with van der Waals surface area (Å²) in [5.41, 5.74) is 5.19. The van der Waals surface area contributed by atoms with Gasteiger partial charge in [0.2, 0.25) is 0 Å². The molecule has 8 nitrogen and oxygen atoms in total. The Morgan fingerprint density at radius 1 is 1.24 bits per heavy atom. The number of sulfonamides is 1. The zero-order valence-corrected chi connectivity index (χ0v) is 11.6. The highest BCUT2D eigenvalue weighted by molar-refractivity contribution is 7.89. The minimum absolute atomic E-state index is 0.00317. The molecule has 21 heavy (non-hydrogen) atoms. The van der Waals surface area contributed by atoms with Gasteiger partial charge in [0.05, 0.1) is 4.92 Å². The highest BCUT2D eigenvalue weighted by atomic mass is 32.2. The summed E-state index contributed by atoms with van der Waals surface area (Å²) in [5.74, 6) is 0. The number of nitrogens with one attached hydrogen (secondary N) is 1. The van der Waals surface area contributed by atoms with Gasteiger partial charge in [-0.15, -0.1) is 0 Å². The second-order valence-electron chi connectivity index (χ2n) is 4.12. The molecule has 0 aliphatic rings. The number of anilines is 1. The summed E-state index contributed by atoms with van der Waals surface area (Å²) in [6.07, 6.45) is 1.11. The zero-order valence-electron chi connectivity index (χ0n) is 10.8. The average Bonchev–Trinajstić information content (AvgIpc) is 2.46. The Morgan fingerprint density at radius 2 is 1.90 bits per heavy atom. The molecule has 9 heteroatoms. The van der Waals surface area contributed by atoms with Crippen LogP contribution >= 0.6 is 0 Å². The third-order valence-corrected chi connectivity index (χ3v) is 4.00. The van der Waals surface area contributed by atoms with Gasteiger partial charge >= 0.3 is 5.69 Å². The van der Waals surface area contributed by atoms with Crippen LogP contribution in [0.1, 0.15) is 5.56 Å². The van der Waals surface area contributed by atoms with Crippen molar-refractivity contribution in [3.8, 4) is 0 Å². The first kappa shape index (κ1) is 14.9. The van der Waals surface area contributed by atoms with Crippen molar-refractivity contribution in [2.45, 2.75) is 11.6 Å². The van der Waals surface area contributed by atoms with E-state index in [0.717, 1.165) is 6.20 Å². The van der Waals surface area contributed by atoms with Gasteiger partial charge in [0.15, 0.2) is 0 Å². The lowest BCUT2D eigenvalue weighted by atomic mass is 10.2. The maximum absolute atomic E-state index is 12.1. The molecule has 0 saturated heterocycles. The summed E-state index contributed by atoms with van der Waals surface area (Å²) in [6.45, 7) is -0.00317. The molecule has 0 aliphatic heterocycles. The molecule has 2 rings (SSSR count). The van der Waals surface area contributed by atoms with Gasteiger partial charge in [-0.25, -0.2) is 18.1 Å². The summed E-state index contributed by atoms with van der Waals surface area (Å²) in [6, 6.07) is 9.93. The second-order valence-corrected chi connectivity index (χ2v) is 5.80. The third-order valence-electron chi connectivity index (χ3n) is 2.67. The first-order valence-electron chi connectivity index (χ1n) is 5.84. The molecule has 0 amide bonds. The Balaban J connectivity index is 2.32. The smallest absolute Gasteiger partial charge is 0.330 e. The molecule has 0 radical (unpaired) electrons. The van der Waals surface area contributed by atoms with Crippen molar-refractivity contribution in [1.82, 2.24) is 9.71 Å². The summed E-state index contributed by atoms with van der Waals surface area (Å²) in [4.78, 5) is 13.7. The number of hydrogen-bond acceptors (Lipinski definition) is 6. The fourth-order valence-electron chi connectivity index (χ4n) is 1.67. The second kappa shape index (κ2) is 5.85. The van der Waals surface area contributed by atoms with Gasteiger partial charge in [0.25, 0.3) is 15.0 Å².